The molecule has 0 unspecified atom stereocenters. The molecule has 3 rings (SSSR count). The fraction of sp³-hybridized carbons (Fsp3) is 0.350. The lowest BCUT2D eigenvalue weighted by atomic mass is 10.2. The minimum absolute atomic E-state index is 0.223. The molecule has 0 radical (unpaired) electrons. The number of piperazine rings is 1. The van der Waals surface area contributed by atoms with Gasteiger partial charge in [-0.3, -0.25) is 0 Å². The quantitative estimate of drug-likeness (QED) is 0.891. The zero-order valence-corrected chi connectivity index (χ0v) is 15.8. The van der Waals surface area contributed by atoms with Crippen molar-refractivity contribution in [3.63, 3.8) is 0 Å². The summed E-state index contributed by atoms with van der Waals surface area (Å²) in [6, 6.07) is 10.2. The minimum atomic E-state index is -0.329. The van der Waals surface area contributed by atoms with Crippen LogP contribution in [0, 0.1) is 12.7 Å². The molecule has 1 heterocycles. The van der Waals surface area contributed by atoms with Gasteiger partial charge in [-0.2, -0.15) is 0 Å². The first-order valence-electron chi connectivity index (χ1n) is 8.81. The Morgan fingerprint density at radius 3 is 2.41 bits per heavy atom. The lowest BCUT2D eigenvalue weighted by molar-refractivity contribution is 0.208. The Kier molecular flexibility index (Phi) is 5.69. The van der Waals surface area contributed by atoms with Crippen LogP contribution in [0.1, 0.15) is 5.56 Å². The van der Waals surface area contributed by atoms with Crippen LogP contribution in [0.2, 0.25) is 0 Å². The van der Waals surface area contributed by atoms with Crippen molar-refractivity contribution >= 4 is 17.4 Å². The molecule has 6 nitrogen and oxygen atoms in total. The monoisotopic (exact) mass is 373 g/mol. The third-order valence-electron chi connectivity index (χ3n) is 4.72. The van der Waals surface area contributed by atoms with Crippen LogP contribution >= 0.6 is 0 Å². The molecule has 1 fully saturated rings. The van der Waals surface area contributed by atoms with Gasteiger partial charge in [-0.25, -0.2) is 9.18 Å². The number of hydrogen-bond acceptors (Lipinski definition) is 4. The number of ether oxygens (including phenoxy) is 2. The second-order valence-corrected chi connectivity index (χ2v) is 6.41. The highest BCUT2D eigenvalue weighted by atomic mass is 19.1. The van der Waals surface area contributed by atoms with E-state index in [1.54, 1.807) is 38.2 Å². The average molecular weight is 373 g/mol. The van der Waals surface area contributed by atoms with Crippen LogP contribution < -0.4 is 19.7 Å². The number of urea groups is 1. The Balaban J connectivity index is 1.61. The Labute approximate surface area is 158 Å². The highest BCUT2D eigenvalue weighted by Crippen LogP contribution is 2.32. The second kappa shape index (κ2) is 8.16. The van der Waals surface area contributed by atoms with Crippen LogP contribution in [-0.4, -0.2) is 51.3 Å². The van der Waals surface area contributed by atoms with Gasteiger partial charge in [0, 0.05) is 37.9 Å². The molecule has 1 N–H and O–H groups in total. The highest BCUT2D eigenvalue weighted by molar-refractivity contribution is 5.89. The first-order valence-corrected chi connectivity index (χ1v) is 8.81. The van der Waals surface area contributed by atoms with E-state index in [9.17, 15) is 9.18 Å². The molecular formula is C20H24FN3O3. The summed E-state index contributed by atoms with van der Waals surface area (Å²) >= 11 is 0. The van der Waals surface area contributed by atoms with E-state index in [4.69, 9.17) is 9.47 Å². The molecule has 1 aliphatic rings. The number of hydrogen-bond donors (Lipinski definition) is 1. The molecule has 2 aromatic rings. The van der Waals surface area contributed by atoms with Crippen LogP contribution in [0.4, 0.5) is 20.6 Å². The number of carbonyl (C=O) groups is 1. The SMILES string of the molecule is COc1ccc(N2CCN(C(=O)Nc3ccc(C)c(F)c3)CC2)c(OC)c1. The summed E-state index contributed by atoms with van der Waals surface area (Å²) in [4.78, 5) is 16.3. The molecule has 27 heavy (non-hydrogen) atoms. The molecule has 0 aliphatic carbocycles. The fourth-order valence-electron chi connectivity index (χ4n) is 3.07. The van der Waals surface area contributed by atoms with Crippen molar-refractivity contribution in [1.29, 1.82) is 0 Å². The van der Waals surface area contributed by atoms with E-state index in [-0.39, 0.29) is 11.8 Å². The standard InChI is InChI=1S/C20H24FN3O3/c1-14-4-5-15(12-17(14)21)22-20(25)24-10-8-23(9-11-24)18-7-6-16(26-2)13-19(18)27-3/h4-7,12-13H,8-11H2,1-3H3,(H,22,25). The maximum atomic E-state index is 13.6. The first-order chi connectivity index (χ1) is 13.0. The summed E-state index contributed by atoms with van der Waals surface area (Å²) in [5.41, 5.74) is 1.98. The van der Waals surface area contributed by atoms with Gasteiger partial charge in [0.05, 0.1) is 19.9 Å². The lowest BCUT2D eigenvalue weighted by Gasteiger charge is -2.36. The predicted molar refractivity (Wildman–Crippen MR) is 103 cm³/mol. The molecule has 1 aliphatic heterocycles. The van der Waals surface area contributed by atoms with Gasteiger partial charge in [-0.1, -0.05) is 6.07 Å². The largest absolute Gasteiger partial charge is 0.497 e. The molecule has 0 aromatic heterocycles. The van der Waals surface area contributed by atoms with Gasteiger partial charge in [0.25, 0.3) is 0 Å². The number of nitrogens with one attached hydrogen (secondary N) is 1. The van der Waals surface area contributed by atoms with Crippen LogP contribution in [-0.2, 0) is 0 Å². The topological polar surface area (TPSA) is 54.0 Å². The zero-order chi connectivity index (χ0) is 19.4. The molecule has 144 valence electrons. The Bertz CT molecular complexity index is 820. The fourth-order valence-corrected chi connectivity index (χ4v) is 3.07. The summed E-state index contributed by atoms with van der Waals surface area (Å²) in [5, 5.41) is 2.76. The van der Waals surface area contributed by atoms with Gasteiger partial charge in [0.1, 0.15) is 17.3 Å². The number of aryl methyl sites for hydroxylation is 1. The number of carbonyl (C=O) groups excluding carboxylic acids is 1. The number of rotatable bonds is 4. The second-order valence-electron chi connectivity index (χ2n) is 6.41. The van der Waals surface area contributed by atoms with Crippen molar-refractivity contribution in [2.24, 2.45) is 0 Å². The minimum Gasteiger partial charge on any atom is -0.497 e. The molecular weight excluding hydrogens is 349 g/mol. The summed E-state index contributed by atoms with van der Waals surface area (Å²) in [6.45, 7) is 4.18. The smallest absolute Gasteiger partial charge is 0.321 e. The van der Waals surface area contributed by atoms with Crippen LogP contribution in [0.3, 0.4) is 0 Å². The van der Waals surface area contributed by atoms with E-state index >= 15 is 0 Å². The number of benzene rings is 2. The van der Waals surface area contributed by atoms with Gasteiger partial charge in [0.2, 0.25) is 0 Å². The predicted octanol–water partition coefficient (Wildman–Crippen LogP) is 3.51. The Morgan fingerprint density at radius 1 is 1.04 bits per heavy atom. The molecule has 0 saturated carbocycles. The van der Waals surface area contributed by atoms with Crippen LogP contribution in [0.5, 0.6) is 11.5 Å². The van der Waals surface area contributed by atoms with Gasteiger partial charge in [0.15, 0.2) is 0 Å². The number of methoxy groups -OCH3 is 2. The molecule has 0 bridgehead atoms. The molecule has 1 saturated heterocycles. The van der Waals surface area contributed by atoms with Gasteiger partial charge in [-0.05, 0) is 36.8 Å². The Hall–Kier alpha value is -2.96. The number of anilines is 2. The van der Waals surface area contributed by atoms with Crippen LogP contribution in [0.25, 0.3) is 0 Å². The number of nitrogens with zero attached hydrogens (tertiary/aromatic N) is 2. The summed E-state index contributed by atoms with van der Waals surface area (Å²) in [7, 11) is 3.24. The Morgan fingerprint density at radius 2 is 1.78 bits per heavy atom. The van der Waals surface area contributed by atoms with E-state index < -0.39 is 0 Å². The van der Waals surface area contributed by atoms with Crippen molar-refractivity contribution in [1.82, 2.24) is 4.90 Å². The van der Waals surface area contributed by atoms with Crippen molar-refractivity contribution in [3.8, 4) is 11.5 Å². The third kappa shape index (κ3) is 4.24. The summed E-state index contributed by atoms with van der Waals surface area (Å²) in [6.07, 6.45) is 0. The van der Waals surface area contributed by atoms with E-state index in [2.05, 4.69) is 10.2 Å². The van der Waals surface area contributed by atoms with Gasteiger partial charge >= 0.3 is 6.03 Å². The summed E-state index contributed by atoms with van der Waals surface area (Å²) < 4.78 is 24.3. The molecule has 0 spiro atoms. The van der Waals surface area contributed by atoms with Gasteiger partial charge in [-0.15, -0.1) is 0 Å². The molecule has 7 heteroatoms. The van der Waals surface area contributed by atoms with Crippen molar-refractivity contribution in [2.75, 3.05) is 50.6 Å². The number of amides is 2. The van der Waals surface area contributed by atoms with Crippen molar-refractivity contribution < 1.29 is 18.7 Å². The third-order valence-corrected chi connectivity index (χ3v) is 4.72. The zero-order valence-electron chi connectivity index (χ0n) is 15.8. The molecule has 2 aromatic carbocycles. The van der Waals surface area contributed by atoms with E-state index in [1.807, 2.05) is 18.2 Å². The van der Waals surface area contributed by atoms with E-state index in [0.717, 1.165) is 17.2 Å². The lowest BCUT2D eigenvalue weighted by Crippen LogP contribution is -2.50. The molecule has 0 atom stereocenters. The number of halogens is 1. The van der Waals surface area contributed by atoms with Crippen molar-refractivity contribution in [3.05, 3.63) is 47.8 Å². The maximum absolute atomic E-state index is 13.6. The normalized spacial score (nSPS) is 14.1. The highest BCUT2D eigenvalue weighted by Gasteiger charge is 2.23. The summed E-state index contributed by atoms with van der Waals surface area (Å²) in [5.74, 6) is 1.14. The van der Waals surface area contributed by atoms with E-state index in [0.29, 0.717) is 37.4 Å². The van der Waals surface area contributed by atoms with Gasteiger partial charge < -0.3 is 24.6 Å². The average Bonchev–Trinajstić information content (AvgIpc) is 2.70. The van der Waals surface area contributed by atoms with Crippen molar-refractivity contribution in [2.45, 2.75) is 6.92 Å². The molecule has 2 amide bonds. The maximum Gasteiger partial charge on any atom is 0.321 e. The first kappa shape index (κ1) is 18.8. The van der Waals surface area contributed by atoms with E-state index in [1.165, 1.54) is 6.07 Å². The van der Waals surface area contributed by atoms with Crippen LogP contribution in [0.15, 0.2) is 36.4 Å².